The molecule has 0 aliphatic carbocycles. The molecule has 0 N–H and O–H groups in total. The molecule has 0 saturated heterocycles. The normalized spacial score (nSPS) is 11.8. The zero-order valence-electron chi connectivity index (χ0n) is 25.7. The first-order valence-corrected chi connectivity index (χ1v) is 16.3. The number of benzene rings is 9. The van der Waals surface area contributed by atoms with Crippen molar-refractivity contribution >= 4 is 64.9 Å². The van der Waals surface area contributed by atoms with E-state index in [1.165, 1.54) is 92.8 Å². The van der Waals surface area contributed by atoms with Crippen LogP contribution in [0.2, 0.25) is 0 Å². The first-order valence-electron chi connectivity index (χ1n) is 16.3. The summed E-state index contributed by atoms with van der Waals surface area (Å²) in [5.41, 5.74) is 8.53. The van der Waals surface area contributed by atoms with E-state index in [0.717, 1.165) is 0 Å². The molecule has 0 fully saturated rings. The average Bonchev–Trinajstić information content (AvgIpc) is 3.48. The van der Waals surface area contributed by atoms with Crippen LogP contribution in [0.3, 0.4) is 0 Å². The molecule has 0 amide bonds. The van der Waals surface area contributed by atoms with Crippen molar-refractivity contribution in [2.24, 2.45) is 0 Å². The van der Waals surface area contributed by atoms with E-state index in [9.17, 15) is 0 Å². The van der Waals surface area contributed by atoms with E-state index < -0.39 is 0 Å². The third kappa shape index (κ3) is 4.10. The summed E-state index contributed by atoms with van der Waals surface area (Å²) in [7, 11) is 0. The number of nitrogens with zero attached hydrogens (tertiary/aromatic N) is 1. The zero-order chi connectivity index (χ0) is 30.9. The maximum Gasteiger partial charge on any atom is 0.0541 e. The number of hydrogen-bond donors (Lipinski definition) is 0. The van der Waals surface area contributed by atoms with Crippen LogP contribution in [0.5, 0.6) is 0 Å². The van der Waals surface area contributed by atoms with Gasteiger partial charge in [0.2, 0.25) is 0 Å². The molecular formula is C46H29N. The highest BCUT2D eigenvalue weighted by Gasteiger charge is 2.14. The molecule has 0 aliphatic heterocycles. The first kappa shape index (κ1) is 26.1. The molecule has 0 unspecified atom stereocenters. The Hall–Kier alpha value is -6.18. The van der Waals surface area contributed by atoms with Crippen molar-refractivity contribution in [1.29, 1.82) is 0 Å². The lowest BCUT2D eigenvalue weighted by Crippen LogP contribution is -1.94. The molecule has 9 aromatic carbocycles. The molecule has 0 aliphatic rings. The maximum atomic E-state index is 2.42. The lowest BCUT2D eigenvalue weighted by molar-refractivity contribution is 1.19. The quantitative estimate of drug-likeness (QED) is 0.179. The lowest BCUT2D eigenvalue weighted by atomic mass is 9.96. The van der Waals surface area contributed by atoms with Gasteiger partial charge >= 0.3 is 0 Å². The summed E-state index contributed by atoms with van der Waals surface area (Å²) in [6.45, 7) is 0. The molecule has 10 rings (SSSR count). The van der Waals surface area contributed by atoms with Crippen molar-refractivity contribution < 1.29 is 0 Å². The van der Waals surface area contributed by atoms with E-state index in [-0.39, 0.29) is 0 Å². The van der Waals surface area contributed by atoms with Crippen LogP contribution in [-0.2, 0) is 0 Å². The van der Waals surface area contributed by atoms with Crippen LogP contribution in [0.25, 0.3) is 92.8 Å². The lowest BCUT2D eigenvalue weighted by Gasteiger charge is -2.11. The third-order valence-electron chi connectivity index (χ3n) is 9.96. The summed E-state index contributed by atoms with van der Waals surface area (Å²) in [6, 6.07) is 64.6. The molecule has 0 saturated carbocycles. The Morgan fingerprint density at radius 3 is 1.49 bits per heavy atom. The molecule has 1 nitrogen and oxygen atoms in total. The van der Waals surface area contributed by atoms with E-state index >= 15 is 0 Å². The molecule has 0 spiro atoms. The number of hydrogen-bond acceptors (Lipinski definition) is 0. The maximum absolute atomic E-state index is 2.42. The van der Waals surface area contributed by atoms with E-state index in [1.807, 2.05) is 0 Å². The van der Waals surface area contributed by atoms with Gasteiger partial charge in [0.15, 0.2) is 0 Å². The summed E-state index contributed by atoms with van der Waals surface area (Å²) >= 11 is 0. The van der Waals surface area contributed by atoms with Crippen molar-refractivity contribution in [2.45, 2.75) is 0 Å². The summed E-state index contributed by atoms with van der Waals surface area (Å²) < 4.78 is 2.42. The molecule has 1 heterocycles. The van der Waals surface area contributed by atoms with Gasteiger partial charge in [-0.1, -0.05) is 140 Å². The van der Waals surface area contributed by atoms with Gasteiger partial charge in [0, 0.05) is 16.5 Å². The molecule has 1 heteroatoms. The Labute approximate surface area is 272 Å². The number of aromatic nitrogens is 1. The Kier molecular flexibility index (Phi) is 5.64. The SMILES string of the molecule is c1ccc2c(c1)ccc1cc(-c3ccc(-c4ccc5c(c4)c4ccccc4n5-c4ccc5ccc6ccccc6c5c4)cc3)ccc12. The predicted molar refractivity (Wildman–Crippen MR) is 202 cm³/mol. The van der Waals surface area contributed by atoms with E-state index in [0.29, 0.717) is 0 Å². The molecule has 1 aromatic heterocycles. The highest BCUT2D eigenvalue weighted by atomic mass is 15.0. The monoisotopic (exact) mass is 595 g/mol. The molecule has 0 radical (unpaired) electrons. The van der Waals surface area contributed by atoms with Crippen molar-refractivity contribution in [3.8, 4) is 27.9 Å². The topological polar surface area (TPSA) is 4.93 Å². The van der Waals surface area contributed by atoms with E-state index in [4.69, 9.17) is 0 Å². The van der Waals surface area contributed by atoms with Crippen LogP contribution in [0.1, 0.15) is 0 Å². The van der Waals surface area contributed by atoms with Crippen LogP contribution in [0.4, 0.5) is 0 Å². The number of rotatable bonds is 3. The fourth-order valence-corrected chi connectivity index (χ4v) is 7.61. The minimum Gasteiger partial charge on any atom is -0.309 e. The molecular weight excluding hydrogens is 567 g/mol. The second kappa shape index (κ2) is 10.2. The van der Waals surface area contributed by atoms with Crippen molar-refractivity contribution in [3.05, 3.63) is 176 Å². The summed E-state index contributed by atoms with van der Waals surface area (Å²) in [6.07, 6.45) is 0. The first-order chi connectivity index (χ1) is 23.3. The standard InChI is InChI=1S/C46H29N/c1-3-9-39-32(7-1)19-20-37-27-35(22-25-41(37)39)30-13-15-31(16-14-30)36-23-26-46-44(28-36)42-11-5-6-12-45(42)47(46)38-24-21-34-18-17-33-8-2-4-10-40(33)43(34)29-38/h1-29H. The zero-order valence-corrected chi connectivity index (χ0v) is 25.7. The van der Waals surface area contributed by atoms with Gasteiger partial charge in [0.1, 0.15) is 0 Å². The van der Waals surface area contributed by atoms with Gasteiger partial charge in [-0.3, -0.25) is 0 Å². The minimum atomic E-state index is 1.18. The number of fused-ring (bicyclic) bond motifs is 9. The largest absolute Gasteiger partial charge is 0.309 e. The highest BCUT2D eigenvalue weighted by Crippen LogP contribution is 2.37. The second-order valence-electron chi connectivity index (χ2n) is 12.6. The van der Waals surface area contributed by atoms with Gasteiger partial charge in [0.05, 0.1) is 11.0 Å². The van der Waals surface area contributed by atoms with Crippen molar-refractivity contribution in [2.75, 3.05) is 0 Å². The van der Waals surface area contributed by atoms with Crippen LogP contribution < -0.4 is 0 Å². The molecule has 47 heavy (non-hydrogen) atoms. The Bertz CT molecular complexity index is 2830. The van der Waals surface area contributed by atoms with Gasteiger partial charge < -0.3 is 4.57 Å². The molecule has 0 atom stereocenters. The fraction of sp³-hybridized carbons (Fsp3) is 0. The van der Waals surface area contributed by atoms with Gasteiger partial charge in [-0.05, 0) is 102 Å². The summed E-state index contributed by atoms with van der Waals surface area (Å²) in [5, 5.41) is 12.8. The summed E-state index contributed by atoms with van der Waals surface area (Å²) in [4.78, 5) is 0. The van der Waals surface area contributed by atoms with Crippen LogP contribution in [-0.4, -0.2) is 4.57 Å². The van der Waals surface area contributed by atoms with Gasteiger partial charge in [0.25, 0.3) is 0 Å². The van der Waals surface area contributed by atoms with Gasteiger partial charge in [-0.2, -0.15) is 0 Å². The average molecular weight is 596 g/mol. The van der Waals surface area contributed by atoms with Crippen LogP contribution in [0, 0.1) is 0 Å². The van der Waals surface area contributed by atoms with Gasteiger partial charge in [-0.25, -0.2) is 0 Å². The highest BCUT2D eigenvalue weighted by molar-refractivity contribution is 6.12. The van der Waals surface area contributed by atoms with E-state index in [1.54, 1.807) is 0 Å². The molecule has 10 aromatic rings. The third-order valence-corrected chi connectivity index (χ3v) is 9.96. The molecule has 218 valence electrons. The van der Waals surface area contributed by atoms with Crippen molar-refractivity contribution in [3.63, 3.8) is 0 Å². The van der Waals surface area contributed by atoms with Gasteiger partial charge in [-0.15, -0.1) is 0 Å². The van der Waals surface area contributed by atoms with E-state index in [2.05, 4.69) is 180 Å². The van der Waals surface area contributed by atoms with Crippen LogP contribution in [0.15, 0.2) is 176 Å². The molecule has 0 bridgehead atoms. The number of para-hydroxylation sites is 1. The Morgan fingerprint density at radius 2 is 0.745 bits per heavy atom. The van der Waals surface area contributed by atoms with Crippen LogP contribution >= 0.6 is 0 Å². The van der Waals surface area contributed by atoms with Crippen molar-refractivity contribution in [1.82, 2.24) is 4.57 Å². The smallest absolute Gasteiger partial charge is 0.0541 e. The Morgan fingerprint density at radius 1 is 0.255 bits per heavy atom. The summed E-state index contributed by atoms with van der Waals surface area (Å²) in [5.74, 6) is 0. The Balaban J connectivity index is 1.06. The fourth-order valence-electron chi connectivity index (χ4n) is 7.61. The minimum absolute atomic E-state index is 1.18. The second-order valence-corrected chi connectivity index (χ2v) is 12.6. The predicted octanol–water partition coefficient (Wildman–Crippen LogP) is 12.7.